The van der Waals surface area contributed by atoms with Gasteiger partial charge in [0.25, 0.3) is 5.56 Å². The van der Waals surface area contributed by atoms with Crippen LogP contribution in [0, 0.1) is 12.3 Å². The van der Waals surface area contributed by atoms with Crippen LogP contribution in [-0.4, -0.2) is 27.9 Å². The molecule has 3 rings (SSSR count). The number of H-pyrrole nitrogens is 1. The SMILES string of the molecule is C#CCCC1(CCNC(=O)CCn2[nH]c(=O)c3c2CCCC3)N=N1. The van der Waals surface area contributed by atoms with E-state index in [0.29, 0.717) is 32.4 Å². The van der Waals surface area contributed by atoms with Gasteiger partial charge in [0, 0.05) is 50.0 Å². The van der Waals surface area contributed by atoms with Gasteiger partial charge in [-0.05, 0) is 25.7 Å². The van der Waals surface area contributed by atoms with Crippen molar-refractivity contribution < 1.29 is 4.79 Å². The Bertz CT molecular complexity index is 731. The van der Waals surface area contributed by atoms with E-state index < -0.39 is 0 Å². The third-order valence-corrected chi connectivity index (χ3v) is 4.74. The molecule has 0 aromatic carbocycles. The van der Waals surface area contributed by atoms with Gasteiger partial charge in [-0.3, -0.25) is 19.4 Å². The minimum atomic E-state index is -0.357. The lowest BCUT2D eigenvalue weighted by atomic mass is 9.98. The van der Waals surface area contributed by atoms with Crippen LogP contribution in [0.5, 0.6) is 0 Å². The quantitative estimate of drug-likeness (QED) is 0.708. The molecule has 7 nitrogen and oxygen atoms in total. The van der Waals surface area contributed by atoms with Crippen LogP contribution in [0.2, 0.25) is 0 Å². The number of amides is 1. The van der Waals surface area contributed by atoms with Gasteiger partial charge in [0.05, 0.1) is 0 Å². The molecule has 1 aliphatic carbocycles. The summed E-state index contributed by atoms with van der Waals surface area (Å²) in [4.78, 5) is 23.9. The second kappa shape index (κ2) is 7.04. The zero-order valence-electron chi connectivity index (χ0n) is 13.8. The molecule has 128 valence electrons. The lowest BCUT2D eigenvalue weighted by Gasteiger charge is -2.14. The van der Waals surface area contributed by atoms with Crippen LogP contribution < -0.4 is 10.9 Å². The molecule has 24 heavy (non-hydrogen) atoms. The molecule has 2 aliphatic rings. The highest BCUT2D eigenvalue weighted by molar-refractivity contribution is 5.75. The molecule has 1 aliphatic heterocycles. The first-order valence-corrected chi connectivity index (χ1v) is 8.58. The predicted octanol–water partition coefficient (Wildman–Crippen LogP) is 1.53. The van der Waals surface area contributed by atoms with E-state index in [-0.39, 0.29) is 17.1 Å². The smallest absolute Gasteiger partial charge is 0.267 e. The summed E-state index contributed by atoms with van der Waals surface area (Å²) in [5, 5.41) is 13.8. The summed E-state index contributed by atoms with van der Waals surface area (Å²) in [6.07, 6.45) is 11.6. The molecular weight excluding hydrogens is 306 g/mol. The van der Waals surface area contributed by atoms with Crippen LogP contribution in [0.4, 0.5) is 0 Å². The van der Waals surface area contributed by atoms with E-state index in [2.05, 4.69) is 26.6 Å². The van der Waals surface area contributed by atoms with E-state index in [1.807, 2.05) is 4.68 Å². The average molecular weight is 329 g/mol. The Morgan fingerprint density at radius 3 is 2.88 bits per heavy atom. The van der Waals surface area contributed by atoms with E-state index in [1.54, 1.807) is 0 Å². The number of aryl methyl sites for hydroxylation is 1. The Morgan fingerprint density at radius 2 is 2.12 bits per heavy atom. The minimum Gasteiger partial charge on any atom is -0.356 e. The van der Waals surface area contributed by atoms with Crippen LogP contribution in [0.15, 0.2) is 15.0 Å². The molecular formula is C17H23N5O2. The highest BCUT2D eigenvalue weighted by Crippen LogP contribution is 2.35. The summed E-state index contributed by atoms with van der Waals surface area (Å²) in [5.74, 6) is 2.56. The molecule has 2 N–H and O–H groups in total. The van der Waals surface area contributed by atoms with Gasteiger partial charge in [-0.1, -0.05) is 0 Å². The number of aromatic amines is 1. The summed E-state index contributed by atoms with van der Waals surface area (Å²) in [6.45, 7) is 1.05. The van der Waals surface area contributed by atoms with E-state index in [0.717, 1.165) is 43.4 Å². The third kappa shape index (κ3) is 3.75. The molecule has 0 spiro atoms. The van der Waals surface area contributed by atoms with E-state index in [1.165, 1.54) is 0 Å². The van der Waals surface area contributed by atoms with Gasteiger partial charge in [-0.15, -0.1) is 12.3 Å². The molecule has 1 aromatic rings. The van der Waals surface area contributed by atoms with Crippen molar-refractivity contribution in [2.75, 3.05) is 6.54 Å². The number of carbonyl (C=O) groups excluding carboxylic acids is 1. The van der Waals surface area contributed by atoms with E-state index in [9.17, 15) is 9.59 Å². The number of nitrogens with one attached hydrogen (secondary N) is 2. The Hall–Kier alpha value is -2.36. The standard InChI is InChI=1S/C17H23N5O2/c1-2-3-9-17(20-21-17)10-11-18-15(23)8-12-22-14-7-5-4-6-13(14)16(24)19-22/h1H,3-12H2,(H,18,23)(H,19,24). The van der Waals surface area contributed by atoms with Crippen LogP contribution in [0.3, 0.4) is 0 Å². The van der Waals surface area contributed by atoms with Gasteiger partial charge in [-0.2, -0.15) is 10.2 Å². The fourth-order valence-corrected chi connectivity index (χ4v) is 3.25. The lowest BCUT2D eigenvalue weighted by molar-refractivity contribution is -0.121. The van der Waals surface area contributed by atoms with Gasteiger partial charge in [0.2, 0.25) is 5.91 Å². The summed E-state index contributed by atoms with van der Waals surface area (Å²) in [5.41, 5.74) is 1.61. The van der Waals surface area contributed by atoms with Crippen molar-refractivity contribution in [2.45, 2.75) is 63.6 Å². The summed E-state index contributed by atoms with van der Waals surface area (Å²) >= 11 is 0. The molecule has 0 radical (unpaired) electrons. The monoisotopic (exact) mass is 329 g/mol. The lowest BCUT2D eigenvalue weighted by Crippen LogP contribution is -2.29. The van der Waals surface area contributed by atoms with Gasteiger partial charge >= 0.3 is 0 Å². The van der Waals surface area contributed by atoms with Crippen molar-refractivity contribution in [3.8, 4) is 12.3 Å². The highest BCUT2D eigenvalue weighted by Gasteiger charge is 2.38. The molecule has 0 fully saturated rings. The molecule has 7 heteroatoms. The average Bonchev–Trinajstić information content (AvgIpc) is 3.29. The Balaban J connectivity index is 1.42. The molecule has 0 saturated carbocycles. The molecule has 1 amide bonds. The molecule has 2 heterocycles. The fourth-order valence-electron chi connectivity index (χ4n) is 3.25. The first kappa shape index (κ1) is 16.5. The molecule has 0 unspecified atom stereocenters. The maximum absolute atomic E-state index is 12.0. The molecule has 1 aromatic heterocycles. The number of hydrogen-bond acceptors (Lipinski definition) is 4. The zero-order valence-corrected chi connectivity index (χ0v) is 13.8. The number of fused-ring (bicyclic) bond motifs is 1. The summed E-state index contributed by atoms with van der Waals surface area (Å²) in [7, 11) is 0. The number of rotatable bonds is 8. The van der Waals surface area contributed by atoms with Crippen LogP contribution in [-0.2, 0) is 24.2 Å². The Morgan fingerprint density at radius 1 is 1.33 bits per heavy atom. The van der Waals surface area contributed by atoms with Crippen molar-refractivity contribution >= 4 is 5.91 Å². The normalized spacial score (nSPS) is 17.1. The van der Waals surface area contributed by atoms with Crippen molar-refractivity contribution in [1.29, 1.82) is 0 Å². The number of hydrogen-bond donors (Lipinski definition) is 2. The number of carbonyl (C=O) groups is 1. The molecule has 0 saturated heterocycles. The maximum Gasteiger partial charge on any atom is 0.267 e. The van der Waals surface area contributed by atoms with Crippen LogP contribution >= 0.6 is 0 Å². The second-order valence-corrected chi connectivity index (χ2v) is 6.46. The maximum atomic E-state index is 12.0. The highest BCUT2D eigenvalue weighted by atomic mass is 16.1. The first-order valence-electron chi connectivity index (χ1n) is 8.58. The molecule has 0 atom stereocenters. The molecule has 0 bridgehead atoms. The van der Waals surface area contributed by atoms with Gasteiger partial charge in [0.15, 0.2) is 5.66 Å². The Labute approximate surface area is 140 Å². The van der Waals surface area contributed by atoms with Crippen LogP contribution in [0.1, 0.15) is 49.8 Å². The zero-order chi connectivity index (χ0) is 17.0. The summed E-state index contributed by atoms with van der Waals surface area (Å²) in [6, 6.07) is 0. The predicted molar refractivity (Wildman–Crippen MR) is 89.6 cm³/mol. The van der Waals surface area contributed by atoms with Crippen molar-refractivity contribution in [2.24, 2.45) is 10.2 Å². The second-order valence-electron chi connectivity index (χ2n) is 6.46. The largest absolute Gasteiger partial charge is 0.356 e. The summed E-state index contributed by atoms with van der Waals surface area (Å²) < 4.78 is 1.84. The van der Waals surface area contributed by atoms with Crippen molar-refractivity contribution in [3.05, 3.63) is 21.6 Å². The van der Waals surface area contributed by atoms with Crippen molar-refractivity contribution in [3.63, 3.8) is 0 Å². The first-order chi connectivity index (χ1) is 11.6. The number of nitrogens with zero attached hydrogens (tertiary/aromatic N) is 3. The minimum absolute atomic E-state index is 0.00230. The third-order valence-electron chi connectivity index (χ3n) is 4.74. The van der Waals surface area contributed by atoms with E-state index >= 15 is 0 Å². The fraction of sp³-hybridized carbons (Fsp3) is 0.647. The topological polar surface area (TPSA) is 91.6 Å². The Kier molecular flexibility index (Phi) is 4.84. The van der Waals surface area contributed by atoms with Gasteiger partial charge < -0.3 is 5.32 Å². The van der Waals surface area contributed by atoms with Crippen molar-refractivity contribution in [1.82, 2.24) is 15.1 Å². The number of aromatic nitrogens is 2. The van der Waals surface area contributed by atoms with Gasteiger partial charge in [0.1, 0.15) is 0 Å². The van der Waals surface area contributed by atoms with Crippen LogP contribution in [0.25, 0.3) is 0 Å². The van der Waals surface area contributed by atoms with E-state index in [4.69, 9.17) is 6.42 Å². The number of terminal acetylenes is 1. The van der Waals surface area contributed by atoms with Gasteiger partial charge in [-0.25, -0.2) is 0 Å².